The molecule has 0 bridgehead atoms. The highest BCUT2D eigenvalue weighted by Gasteiger charge is 2.22. The second kappa shape index (κ2) is 61.7. The molecule has 116 heavy (non-hydrogen) atoms. The van der Waals surface area contributed by atoms with E-state index in [4.69, 9.17) is 42.6 Å². The van der Waals surface area contributed by atoms with E-state index in [-0.39, 0.29) is 42.2 Å². The summed E-state index contributed by atoms with van der Waals surface area (Å²) in [5.41, 5.74) is 2.89. The molecule has 654 valence electrons. The van der Waals surface area contributed by atoms with Gasteiger partial charge in [0.1, 0.15) is 51.7 Å². The van der Waals surface area contributed by atoms with Crippen molar-refractivity contribution in [2.45, 2.75) is 347 Å². The number of aliphatic hydroxyl groups is 3. The van der Waals surface area contributed by atoms with Crippen LogP contribution in [0.3, 0.4) is 0 Å². The van der Waals surface area contributed by atoms with Gasteiger partial charge in [0.15, 0.2) is 0 Å². The molecule has 12 heteroatoms. The van der Waals surface area contributed by atoms with Crippen LogP contribution in [0.25, 0.3) is 0 Å². The summed E-state index contributed by atoms with van der Waals surface area (Å²) >= 11 is 0. The molecule has 0 unspecified atom stereocenters. The Balaban J connectivity index is 0.000000293. The first kappa shape index (κ1) is 102. The van der Waals surface area contributed by atoms with Crippen LogP contribution in [0.1, 0.15) is 346 Å². The van der Waals surface area contributed by atoms with Gasteiger partial charge in [-0.15, -0.1) is 0 Å². The summed E-state index contributed by atoms with van der Waals surface area (Å²) in [6.45, 7) is 43.4. The second-order valence-electron chi connectivity index (χ2n) is 33.9. The molecular formula is C104H166O12. The number of benzene rings is 6. The largest absolute Gasteiger partial charge is 0.493 e. The molecule has 3 fully saturated rings. The van der Waals surface area contributed by atoms with Crippen LogP contribution in [0.5, 0.6) is 51.7 Å². The third-order valence-corrected chi connectivity index (χ3v) is 23.8. The first-order valence-corrected chi connectivity index (χ1v) is 46.6. The Labute approximate surface area is 708 Å². The number of ether oxygens (including phenoxy) is 9. The Hall–Kier alpha value is -6.60. The van der Waals surface area contributed by atoms with Crippen LogP contribution in [0.15, 0.2) is 146 Å². The molecule has 12 nitrogen and oxygen atoms in total. The van der Waals surface area contributed by atoms with Crippen molar-refractivity contribution in [1.82, 2.24) is 0 Å². The Morgan fingerprint density at radius 3 is 0.759 bits per heavy atom. The molecule has 9 atom stereocenters. The van der Waals surface area contributed by atoms with E-state index in [2.05, 4.69) is 125 Å². The molecule has 3 aliphatic rings. The molecule has 0 amide bonds. The summed E-state index contributed by atoms with van der Waals surface area (Å²) in [5.74, 6) is 13.1. The van der Waals surface area contributed by atoms with Crippen LogP contribution < -0.4 is 42.6 Å². The topological polar surface area (TPSA) is 144 Å². The molecule has 3 N–H and O–H groups in total. The molecule has 3 saturated carbocycles. The van der Waals surface area contributed by atoms with Crippen molar-refractivity contribution in [2.75, 3.05) is 39.6 Å². The molecule has 6 aromatic carbocycles. The lowest BCUT2D eigenvalue weighted by molar-refractivity contribution is 0.115. The summed E-state index contributed by atoms with van der Waals surface area (Å²) in [5, 5.41) is 30.8. The van der Waals surface area contributed by atoms with Crippen molar-refractivity contribution < 1.29 is 58.0 Å². The predicted molar refractivity (Wildman–Crippen MR) is 487 cm³/mol. The quantitative estimate of drug-likeness (QED) is 0.0335. The zero-order valence-corrected chi connectivity index (χ0v) is 76.3. The highest BCUT2D eigenvalue weighted by Crippen LogP contribution is 2.34. The maximum atomic E-state index is 10.3. The van der Waals surface area contributed by atoms with Gasteiger partial charge in [-0.2, -0.15) is 0 Å². The van der Waals surface area contributed by atoms with Gasteiger partial charge in [0.05, 0.1) is 76.3 Å². The molecule has 0 radical (unpaired) electrons. The second-order valence-corrected chi connectivity index (χ2v) is 33.9. The lowest BCUT2D eigenvalue weighted by atomic mass is 9.90. The van der Waals surface area contributed by atoms with Gasteiger partial charge >= 0.3 is 0 Å². The first-order chi connectivity index (χ1) is 56.2. The Kier molecular flexibility index (Phi) is 54.1. The van der Waals surface area contributed by atoms with Gasteiger partial charge in [0.2, 0.25) is 0 Å². The SMILES string of the molecule is CCC(CC)COc1cccc([C@H](O)[C@H](C)CC)c1.CCCC(CCC)COc1cccc(O[C@H](C)CC)c1.CCCC(CCC)COc1cccc([C@H](O)[C@H](C)CC)c1.CC[C@@H](C)Oc1cccc(OCC2CCCC2)c1.CC[C@@H](C)Oc1cccc(OCC2CCCCC2)c1.CC[C@@H](C)[C@@H](O)c1cccc(OCC2CCCC2)c1. The van der Waals surface area contributed by atoms with Crippen LogP contribution in [0.4, 0.5) is 0 Å². The molecule has 0 aromatic heterocycles. The monoisotopic (exact) mass is 1610 g/mol. The summed E-state index contributed by atoms with van der Waals surface area (Å²) in [7, 11) is 0. The van der Waals surface area contributed by atoms with Crippen molar-refractivity contribution in [1.29, 1.82) is 0 Å². The number of rotatable bonds is 46. The van der Waals surface area contributed by atoms with E-state index in [0.29, 0.717) is 17.8 Å². The van der Waals surface area contributed by atoms with Gasteiger partial charge in [-0.05, 0) is 247 Å². The molecule has 0 heterocycles. The van der Waals surface area contributed by atoms with Crippen molar-refractivity contribution in [2.24, 2.45) is 53.3 Å². The van der Waals surface area contributed by atoms with E-state index >= 15 is 0 Å². The van der Waals surface area contributed by atoms with Gasteiger partial charge in [-0.25, -0.2) is 0 Å². The fourth-order valence-electron chi connectivity index (χ4n) is 14.7. The summed E-state index contributed by atoms with van der Waals surface area (Å²) in [4.78, 5) is 0. The van der Waals surface area contributed by atoms with Gasteiger partial charge in [0, 0.05) is 18.2 Å². The maximum absolute atomic E-state index is 10.3. The first-order valence-electron chi connectivity index (χ1n) is 46.6. The zero-order valence-electron chi connectivity index (χ0n) is 76.3. The molecular weight excluding hydrogens is 1440 g/mol. The molecule has 0 aliphatic heterocycles. The molecule has 3 aliphatic carbocycles. The zero-order chi connectivity index (χ0) is 84.7. The van der Waals surface area contributed by atoms with Gasteiger partial charge in [-0.3, -0.25) is 0 Å². The highest BCUT2D eigenvalue weighted by molar-refractivity contribution is 5.36. The smallest absolute Gasteiger partial charge is 0.123 e. The van der Waals surface area contributed by atoms with Gasteiger partial charge in [-0.1, -0.05) is 261 Å². The third kappa shape index (κ3) is 42.4. The van der Waals surface area contributed by atoms with E-state index in [1.165, 1.54) is 135 Å². The average Bonchev–Trinajstić information content (AvgIpc) is 0.917. The van der Waals surface area contributed by atoms with E-state index in [1.54, 1.807) is 0 Å². The summed E-state index contributed by atoms with van der Waals surface area (Å²) in [6.07, 6.45) is 35.1. The number of aliphatic hydroxyl groups excluding tert-OH is 3. The molecule has 0 spiro atoms. The van der Waals surface area contributed by atoms with Crippen molar-refractivity contribution in [3.8, 4) is 51.7 Å². The molecule has 9 rings (SSSR count). The molecule has 6 aromatic rings. The number of hydrogen-bond donors (Lipinski definition) is 3. The normalized spacial score (nSPS) is 15.9. The van der Waals surface area contributed by atoms with Crippen LogP contribution >= 0.6 is 0 Å². The summed E-state index contributed by atoms with van der Waals surface area (Å²) < 4.78 is 52.9. The third-order valence-electron chi connectivity index (χ3n) is 23.8. The Morgan fingerprint density at radius 1 is 0.267 bits per heavy atom. The van der Waals surface area contributed by atoms with E-state index in [0.717, 1.165) is 177 Å². The van der Waals surface area contributed by atoms with Crippen LogP contribution in [0, 0.1) is 53.3 Å². The van der Waals surface area contributed by atoms with Crippen LogP contribution in [0.2, 0.25) is 0 Å². The van der Waals surface area contributed by atoms with Crippen molar-refractivity contribution in [3.05, 3.63) is 162 Å². The van der Waals surface area contributed by atoms with Crippen LogP contribution in [-0.2, 0) is 0 Å². The minimum Gasteiger partial charge on any atom is -0.493 e. The average molecular weight is 1610 g/mol. The molecule has 0 saturated heterocycles. The fourth-order valence-corrected chi connectivity index (χ4v) is 14.7. The van der Waals surface area contributed by atoms with E-state index in [1.807, 2.05) is 146 Å². The van der Waals surface area contributed by atoms with Crippen LogP contribution in [-0.4, -0.2) is 73.3 Å². The highest BCUT2D eigenvalue weighted by atomic mass is 16.5. The minimum absolute atomic E-state index is 0.248. The Morgan fingerprint density at radius 2 is 0.500 bits per heavy atom. The van der Waals surface area contributed by atoms with Gasteiger partial charge < -0.3 is 58.0 Å². The predicted octanol–water partition coefficient (Wildman–Crippen LogP) is 29.0. The standard InChI is InChI=1S/C19H32O2.C18H30O2.2C17H26O2.C17H28O2.C16H24O2/c1-5-9-16(10-6-2)14-21-18-12-8-11-17(13-18)19(20)15(4)7-3;1-5-9-16(10-6-2)14-19-17-11-8-12-18(13-17)20-15(4)7-3;1-3-13(2)17(18)15-9-6-10-16(11-15)19-12-14-7-4-5-8-14;1-3-14(2)19-17-11-7-10-16(12-17)18-13-15-8-5-4-6-9-15;1-5-13(4)17(18)15-9-8-10-16(11-15)19-12-14(6-2)7-3;1-3-13(2)18-16-10-6-9-15(11-16)17-12-14-7-4-5-8-14/h8,11-13,15-16,19-20H,5-7,9-10,14H2,1-4H3;8,11-13,15-16H,5-7,9-10,14H2,1-4H3;6,9-11,13-14,17-18H,3-5,7-8,12H2,1-2H3;7,10-12,14-15H,3-6,8-9,13H2,1-2H3;8-11,13-14,17-18H,5-7,12H2,1-4H3;6,9-11,13-14H,3-5,7-8,12H2,1-2H3/t15-,19-;15-;13-,17-;14-;13-,17-;13-/m111111/s1. The van der Waals surface area contributed by atoms with Crippen molar-refractivity contribution >= 4 is 0 Å². The lowest BCUT2D eigenvalue weighted by Gasteiger charge is -2.22. The Bertz CT molecular complexity index is 3280. The lowest BCUT2D eigenvalue weighted by Crippen LogP contribution is -2.15. The fraction of sp³-hybridized carbons (Fsp3) is 0.654. The minimum atomic E-state index is -0.402. The maximum Gasteiger partial charge on any atom is 0.123 e. The van der Waals surface area contributed by atoms with Gasteiger partial charge in [0.25, 0.3) is 0 Å². The number of hydrogen-bond acceptors (Lipinski definition) is 12. The van der Waals surface area contributed by atoms with E-state index in [9.17, 15) is 15.3 Å². The van der Waals surface area contributed by atoms with Crippen molar-refractivity contribution in [3.63, 3.8) is 0 Å². The van der Waals surface area contributed by atoms with E-state index < -0.39 is 12.2 Å². The summed E-state index contributed by atoms with van der Waals surface area (Å²) in [6, 6.07) is 47.8.